The molecule has 0 aromatic carbocycles. The van der Waals surface area contributed by atoms with Crippen LogP contribution in [0.3, 0.4) is 0 Å². The number of esters is 1. The minimum Gasteiger partial charge on any atom is -0.438 e. The number of nitrogens with two attached hydrogens (primary N) is 1. The van der Waals surface area contributed by atoms with Crippen molar-refractivity contribution in [2.75, 3.05) is 25.7 Å². The lowest BCUT2D eigenvalue weighted by molar-refractivity contribution is -0.156. The molecule has 36 heavy (non-hydrogen) atoms. The van der Waals surface area contributed by atoms with Crippen LogP contribution < -0.4 is 5.73 Å². The van der Waals surface area contributed by atoms with Gasteiger partial charge in [0.1, 0.15) is 18.2 Å². The van der Waals surface area contributed by atoms with E-state index in [0.29, 0.717) is 24.0 Å². The van der Waals surface area contributed by atoms with E-state index in [0.717, 1.165) is 0 Å². The van der Waals surface area contributed by atoms with Gasteiger partial charge in [0.25, 0.3) is 0 Å². The summed E-state index contributed by atoms with van der Waals surface area (Å²) in [5.74, 6) is -0.537. The summed E-state index contributed by atoms with van der Waals surface area (Å²) < 4.78 is 45.7. The van der Waals surface area contributed by atoms with Crippen molar-refractivity contribution in [3.63, 3.8) is 0 Å². The van der Waals surface area contributed by atoms with Crippen LogP contribution in [0, 0.1) is 5.92 Å². The number of carbonyl (C=O) groups excluding carboxylic acids is 2. The highest BCUT2D eigenvalue weighted by Crippen LogP contribution is 2.48. The number of anilines is 1. The van der Waals surface area contributed by atoms with E-state index in [-0.39, 0.29) is 18.3 Å². The van der Waals surface area contributed by atoms with Gasteiger partial charge in [-0.25, -0.2) is 19.7 Å². The monoisotopic (exact) mass is 531 g/mol. The molecule has 0 aliphatic rings. The second kappa shape index (κ2) is 14.1. The van der Waals surface area contributed by atoms with Crippen molar-refractivity contribution >= 4 is 36.7 Å². The van der Waals surface area contributed by atoms with Gasteiger partial charge in [-0.1, -0.05) is 13.8 Å². The lowest BCUT2D eigenvalue weighted by Gasteiger charge is -2.21. The van der Waals surface area contributed by atoms with Gasteiger partial charge in [0.2, 0.25) is 13.6 Å². The smallest absolute Gasteiger partial charge is 0.438 e. The van der Waals surface area contributed by atoms with Crippen LogP contribution in [0.1, 0.15) is 47.5 Å². The zero-order chi connectivity index (χ0) is 26.7. The highest BCUT2D eigenvalue weighted by molar-refractivity contribution is 7.53. The minimum absolute atomic E-state index is 0.248. The Labute approximate surface area is 209 Å². The fraction of sp³-hybridized carbons (Fsp3) is 0.667. The molecule has 0 bridgehead atoms. The van der Waals surface area contributed by atoms with Crippen molar-refractivity contribution in [3.05, 3.63) is 12.7 Å². The number of carbonyl (C=O) groups is 2. The molecule has 0 aliphatic carbocycles. The number of fused-ring (bicyclic) bond motifs is 1. The summed E-state index contributed by atoms with van der Waals surface area (Å²) in [5, 5.41) is 0. The van der Waals surface area contributed by atoms with Crippen molar-refractivity contribution in [1.29, 1.82) is 0 Å². The fourth-order valence-corrected chi connectivity index (χ4v) is 4.07. The van der Waals surface area contributed by atoms with Crippen LogP contribution in [0.2, 0.25) is 0 Å². The van der Waals surface area contributed by atoms with Gasteiger partial charge < -0.3 is 29.2 Å². The number of ether oxygens (including phenoxy) is 4. The van der Waals surface area contributed by atoms with Crippen LogP contribution in [-0.2, 0) is 43.9 Å². The maximum atomic E-state index is 13.2. The molecule has 0 spiro atoms. The zero-order valence-corrected chi connectivity index (χ0v) is 22.0. The Bertz CT molecular complexity index is 1040. The summed E-state index contributed by atoms with van der Waals surface area (Å²) in [6, 6.07) is 0. The summed E-state index contributed by atoms with van der Waals surface area (Å²) in [6.07, 6.45) is 1.62. The van der Waals surface area contributed by atoms with Crippen molar-refractivity contribution in [3.8, 4) is 0 Å². The molecule has 202 valence electrons. The number of hydrogen-bond donors (Lipinski definition) is 1. The molecule has 0 saturated carbocycles. The first-order chi connectivity index (χ1) is 17.1. The van der Waals surface area contributed by atoms with Crippen LogP contribution >= 0.6 is 7.60 Å². The summed E-state index contributed by atoms with van der Waals surface area (Å²) in [4.78, 5) is 35.9. The van der Waals surface area contributed by atoms with E-state index >= 15 is 0 Å². The molecule has 2 aromatic heterocycles. The van der Waals surface area contributed by atoms with Gasteiger partial charge in [-0.15, -0.1) is 0 Å². The van der Waals surface area contributed by atoms with Crippen molar-refractivity contribution in [2.24, 2.45) is 5.92 Å². The minimum atomic E-state index is -4.02. The lowest BCUT2D eigenvalue weighted by Crippen LogP contribution is -2.21. The molecule has 15 heteroatoms. The number of imidazole rings is 1. The molecular formula is C21H34N5O9P. The van der Waals surface area contributed by atoms with E-state index in [1.807, 2.05) is 13.8 Å². The van der Waals surface area contributed by atoms with E-state index in [4.69, 9.17) is 33.7 Å². The predicted molar refractivity (Wildman–Crippen MR) is 128 cm³/mol. The fourth-order valence-electron chi connectivity index (χ4n) is 2.98. The van der Waals surface area contributed by atoms with Gasteiger partial charge in [0.05, 0.1) is 31.0 Å². The molecule has 2 N–H and O–H groups in total. The SMILES string of the molecule is CCC(CC)C(=O)OCO[P@](=O)(CO[C@H](C)Cn1cnc2c(N)ncnc21)OCOC(=O)OC(C)C. The second-order valence-corrected chi connectivity index (χ2v) is 10.1. The molecule has 2 heterocycles. The van der Waals surface area contributed by atoms with Crippen molar-refractivity contribution in [2.45, 2.75) is 66.2 Å². The quantitative estimate of drug-likeness (QED) is 0.201. The summed E-state index contributed by atoms with van der Waals surface area (Å²) in [5.41, 5.74) is 6.77. The molecule has 2 atom stereocenters. The predicted octanol–water partition coefficient (Wildman–Crippen LogP) is 3.45. The molecule has 14 nitrogen and oxygen atoms in total. The first-order valence-corrected chi connectivity index (χ1v) is 13.2. The first kappa shape index (κ1) is 29.4. The Kier molecular flexibility index (Phi) is 11.5. The average Bonchev–Trinajstić information content (AvgIpc) is 3.22. The third kappa shape index (κ3) is 9.01. The Morgan fingerprint density at radius 2 is 1.72 bits per heavy atom. The van der Waals surface area contributed by atoms with Crippen LogP contribution in [0.15, 0.2) is 12.7 Å². The molecular weight excluding hydrogens is 497 g/mol. The van der Waals surface area contributed by atoms with E-state index in [9.17, 15) is 14.2 Å². The Balaban J connectivity index is 1.98. The second-order valence-electron chi connectivity index (χ2n) is 8.08. The molecule has 0 amide bonds. The molecule has 0 radical (unpaired) electrons. The van der Waals surface area contributed by atoms with Crippen molar-refractivity contribution in [1.82, 2.24) is 19.5 Å². The molecule has 0 aliphatic heterocycles. The molecule has 0 saturated heterocycles. The van der Waals surface area contributed by atoms with Crippen LogP contribution in [-0.4, -0.2) is 63.8 Å². The molecule has 2 aromatic rings. The lowest BCUT2D eigenvalue weighted by atomic mass is 10.0. The third-order valence-corrected chi connectivity index (χ3v) is 6.39. The van der Waals surface area contributed by atoms with Crippen LogP contribution in [0.5, 0.6) is 0 Å². The summed E-state index contributed by atoms with van der Waals surface area (Å²) >= 11 is 0. The average molecular weight is 532 g/mol. The maximum Gasteiger partial charge on any atom is 0.510 e. The summed E-state index contributed by atoms with van der Waals surface area (Å²) in [6.45, 7) is 7.67. The van der Waals surface area contributed by atoms with E-state index in [1.165, 1.54) is 12.7 Å². The maximum absolute atomic E-state index is 13.2. The topological polar surface area (TPSA) is 176 Å². The van der Waals surface area contributed by atoms with Crippen LogP contribution in [0.4, 0.5) is 10.6 Å². The number of aromatic nitrogens is 4. The molecule has 0 unspecified atom stereocenters. The largest absolute Gasteiger partial charge is 0.510 e. The normalized spacial score (nSPS) is 14.1. The standard InChI is InChI=1S/C21H34N5O9P/c1-6-16(7-2)20(27)30-11-33-36(29,34-12-31-21(28)35-14(3)4)13-32-15(5)8-26-10-25-17-18(22)23-9-24-19(17)26/h9-10,14-16H,6-8,11-13H2,1-5H3,(H2,22,23,24)/t15-,36-/m1/s1. The zero-order valence-electron chi connectivity index (χ0n) is 21.1. The first-order valence-electron chi connectivity index (χ1n) is 11.5. The number of hydrogen-bond acceptors (Lipinski definition) is 13. The number of nitrogens with zero attached hydrogens (tertiary/aromatic N) is 4. The van der Waals surface area contributed by atoms with Crippen molar-refractivity contribution < 1.29 is 42.1 Å². The van der Waals surface area contributed by atoms with Gasteiger partial charge in [0.15, 0.2) is 11.5 Å². The summed E-state index contributed by atoms with van der Waals surface area (Å²) in [7, 11) is -4.02. The van der Waals surface area contributed by atoms with E-state index in [2.05, 4.69) is 15.0 Å². The Hall–Kier alpha value is -2.80. The van der Waals surface area contributed by atoms with Gasteiger partial charge >= 0.3 is 19.7 Å². The molecule has 2 rings (SSSR count). The Morgan fingerprint density at radius 3 is 2.36 bits per heavy atom. The van der Waals surface area contributed by atoms with Crippen LogP contribution in [0.25, 0.3) is 11.2 Å². The van der Waals surface area contributed by atoms with E-state index in [1.54, 1.807) is 25.3 Å². The van der Waals surface area contributed by atoms with E-state index < -0.39 is 51.9 Å². The number of rotatable bonds is 15. The van der Waals surface area contributed by atoms with Gasteiger partial charge in [0, 0.05) is 0 Å². The van der Waals surface area contributed by atoms with Gasteiger partial charge in [-0.2, -0.15) is 0 Å². The molecule has 0 fully saturated rings. The van der Waals surface area contributed by atoms with Gasteiger partial charge in [-0.05, 0) is 33.6 Å². The highest BCUT2D eigenvalue weighted by Gasteiger charge is 2.29. The third-order valence-electron chi connectivity index (χ3n) is 4.93. The Morgan fingerprint density at radius 1 is 1.06 bits per heavy atom. The van der Waals surface area contributed by atoms with Gasteiger partial charge in [-0.3, -0.25) is 18.4 Å². The number of nitrogen functional groups attached to an aromatic ring is 1. The highest BCUT2D eigenvalue weighted by atomic mass is 31.2.